The first kappa shape index (κ1) is 20.8. The Bertz CT molecular complexity index is 1270. The van der Waals surface area contributed by atoms with Crippen molar-refractivity contribution in [3.05, 3.63) is 60.0 Å². The zero-order chi connectivity index (χ0) is 21.1. The van der Waals surface area contributed by atoms with E-state index in [2.05, 4.69) is 60.4 Å². The van der Waals surface area contributed by atoms with Gasteiger partial charge in [0.05, 0.1) is 17.7 Å². The number of fused-ring (bicyclic) bond motifs is 1. The number of rotatable bonds is 6. The van der Waals surface area contributed by atoms with Gasteiger partial charge in [0.15, 0.2) is 5.65 Å². The van der Waals surface area contributed by atoms with Crippen molar-refractivity contribution in [2.24, 2.45) is 0 Å². The number of nitrogens with one attached hydrogen (secondary N) is 2. The van der Waals surface area contributed by atoms with E-state index >= 15 is 0 Å². The zero-order valence-corrected chi connectivity index (χ0v) is 20.1. The first-order chi connectivity index (χ1) is 14.6. The van der Waals surface area contributed by atoms with Gasteiger partial charge in [0.2, 0.25) is 0 Å². The first-order valence-electron chi connectivity index (χ1n) is 8.94. The second kappa shape index (κ2) is 9.16. The van der Waals surface area contributed by atoms with Crippen LogP contribution in [0.2, 0.25) is 0 Å². The van der Waals surface area contributed by atoms with Gasteiger partial charge >= 0.3 is 0 Å². The second-order valence-electron chi connectivity index (χ2n) is 6.28. The molecule has 10 heteroatoms. The molecule has 3 aromatic heterocycles. The lowest BCUT2D eigenvalue weighted by molar-refractivity contribution is 1.10. The van der Waals surface area contributed by atoms with E-state index in [4.69, 9.17) is 15.2 Å². The van der Waals surface area contributed by atoms with Gasteiger partial charge in [0.25, 0.3) is 0 Å². The van der Waals surface area contributed by atoms with Crippen LogP contribution in [0.25, 0.3) is 11.2 Å². The highest BCUT2D eigenvalue weighted by Crippen LogP contribution is 2.37. The lowest BCUT2D eigenvalue weighted by Crippen LogP contribution is -2.01. The lowest BCUT2D eigenvalue weighted by atomic mass is 10.2. The summed E-state index contributed by atoms with van der Waals surface area (Å²) in [6.07, 6.45) is 2.53. The molecule has 0 saturated carbocycles. The Kier molecular flexibility index (Phi) is 6.37. The van der Waals surface area contributed by atoms with E-state index in [-0.39, 0.29) is 0 Å². The van der Waals surface area contributed by atoms with Crippen LogP contribution in [0, 0.1) is 18.3 Å². The molecule has 0 aliphatic rings. The summed E-state index contributed by atoms with van der Waals surface area (Å²) in [6.45, 7) is 1.98. The van der Waals surface area contributed by atoms with Crippen LogP contribution in [0.4, 0.5) is 23.0 Å². The Morgan fingerprint density at radius 2 is 1.87 bits per heavy atom. The predicted octanol–water partition coefficient (Wildman–Crippen LogP) is 6.01. The summed E-state index contributed by atoms with van der Waals surface area (Å²) in [7, 11) is 0. The van der Waals surface area contributed by atoms with Gasteiger partial charge < -0.3 is 10.6 Å². The number of para-hydroxylation sites is 1. The Balaban J connectivity index is 1.82. The van der Waals surface area contributed by atoms with E-state index in [1.165, 1.54) is 0 Å². The van der Waals surface area contributed by atoms with Crippen LogP contribution in [0.3, 0.4) is 0 Å². The van der Waals surface area contributed by atoms with Crippen LogP contribution in [-0.2, 0) is 0 Å². The molecule has 2 N–H and O–H groups in total. The summed E-state index contributed by atoms with van der Waals surface area (Å²) < 4.78 is 2.09. The molecule has 0 radical (unpaired) electrons. The van der Waals surface area contributed by atoms with Gasteiger partial charge in [0, 0.05) is 11.0 Å². The minimum absolute atomic E-state index is 0.350. The fraction of sp³-hybridized carbons (Fsp3) is 0.100. The van der Waals surface area contributed by atoms with Crippen molar-refractivity contribution in [3.8, 4) is 6.07 Å². The number of aromatic nitrogens is 4. The zero-order valence-electron chi connectivity index (χ0n) is 16.1. The number of anilines is 4. The van der Waals surface area contributed by atoms with E-state index in [9.17, 15) is 0 Å². The molecule has 0 bridgehead atoms. The summed E-state index contributed by atoms with van der Waals surface area (Å²) in [5.41, 5.74) is 3.83. The van der Waals surface area contributed by atoms with Gasteiger partial charge in [-0.3, -0.25) is 4.34 Å². The fourth-order valence-electron chi connectivity index (χ4n) is 3.01. The number of hydrogen-bond acceptors (Lipinski definition) is 7. The average Bonchev–Trinajstić information content (AvgIpc) is 3.09. The van der Waals surface area contributed by atoms with E-state index in [1.54, 1.807) is 23.9 Å². The maximum atomic E-state index is 9.12. The number of nitrogens with zero attached hydrogens (tertiary/aromatic N) is 5. The van der Waals surface area contributed by atoms with Gasteiger partial charge in [-0.1, -0.05) is 18.2 Å². The molecular formula is C20H17IN7PS. The molecule has 0 fully saturated rings. The molecule has 1 unspecified atom stereocenters. The van der Waals surface area contributed by atoms with Crippen LogP contribution >= 0.6 is 40.2 Å². The van der Waals surface area contributed by atoms with Crippen LogP contribution in [0.1, 0.15) is 11.5 Å². The number of halogens is 1. The highest BCUT2D eigenvalue weighted by Gasteiger charge is 2.16. The van der Waals surface area contributed by atoms with Crippen LogP contribution in [-0.4, -0.2) is 25.5 Å². The van der Waals surface area contributed by atoms with Gasteiger partial charge in [-0.25, -0.2) is 15.0 Å². The number of pyridine rings is 2. The van der Waals surface area contributed by atoms with E-state index < -0.39 is 0 Å². The van der Waals surface area contributed by atoms with Gasteiger partial charge in [-0.2, -0.15) is 5.26 Å². The van der Waals surface area contributed by atoms with Crippen molar-refractivity contribution >= 4 is 74.4 Å². The molecule has 7 nitrogen and oxygen atoms in total. The van der Waals surface area contributed by atoms with Gasteiger partial charge in [0.1, 0.15) is 34.7 Å². The number of imidazole rings is 1. The Labute approximate surface area is 193 Å². The number of benzene rings is 1. The van der Waals surface area contributed by atoms with Crippen LogP contribution in [0.5, 0.6) is 0 Å². The molecule has 3 heterocycles. The maximum Gasteiger partial charge on any atom is 0.168 e. The molecule has 0 saturated heterocycles. The third-order valence-electron chi connectivity index (χ3n) is 4.36. The topological polar surface area (TPSA) is 91.4 Å². The summed E-state index contributed by atoms with van der Waals surface area (Å²) in [4.78, 5) is 15.0. The number of thioether (sulfide) groups is 1. The summed E-state index contributed by atoms with van der Waals surface area (Å²) in [6, 6.07) is 17.4. The largest absolute Gasteiger partial charge is 0.353 e. The fourth-order valence-corrected chi connectivity index (χ4v) is 5.70. The standard InChI is InChI=1S/C20H17IN7PS/c1-12-23-19-15(25-14-7-3-4-8-16(14)30-2)10-18(27-20(19)28(12)29-21)26-17-9-5-6-13(11-22)24-17/h3-10,29H,1-2H3,(H2,24,25,26,27). The van der Waals surface area contributed by atoms with Crippen molar-refractivity contribution in [2.75, 3.05) is 16.9 Å². The highest BCUT2D eigenvalue weighted by atomic mass is 127. The predicted molar refractivity (Wildman–Crippen MR) is 134 cm³/mol. The van der Waals surface area contributed by atoms with E-state index in [1.807, 2.05) is 37.3 Å². The third-order valence-corrected chi connectivity index (χ3v) is 7.31. The molecule has 0 amide bonds. The molecule has 0 aliphatic heterocycles. The molecule has 150 valence electrons. The molecule has 0 spiro atoms. The quantitative estimate of drug-likeness (QED) is 0.174. The Morgan fingerprint density at radius 1 is 1.03 bits per heavy atom. The second-order valence-corrected chi connectivity index (χ2v) is 9.19. The number of hydrogen-bond donors (Lipinski definition) is 2. The molecule has 30 heavy (non-hydrogen) atoms. The van der Waals surface area contributed by atoms with Gasteiger partial charge in [-0.15, -0.1) is 11.8 Å². The average molecular weight is 545 g/mol. The van der Waals surface area contributed by atoms with Crippen molar-refractivity contribution in [2.45, 2.75) is 11.8 Å². The molecule has 4 rings (SSSR count). The molecule has 4 aromatic rings. The van der Waals surface area contributed by atoms with Crippen molar-refractivity contribution < 1.29 is 0 Å². The Morgan fingerprint density at radius 3 is 2.63 bits per heavy atom. The minimum atomic E-state index is 0.350. The van der Waals surface area contributed by atoms with Crippen LogP contribution in [0.15, 0.2) is 53.4 Å². The first-order valence-corrected chi connectivity index (χ1v) is 14.2. The molecule has 0 aliphatic carbocycles. The van der Waals surface area contributed by atoms with E-state index in [0.717, 1.165) is 33.3 Å². The van der Waals surface area contributed by atoms with Crippen molar-refractivity contribution in [1.29, 1.82) is 5.26 Å². The van der Waals surface area contributed by atoms with Crippen LogP contribution < -0.4 is 10.6 Å². The summed E-state index contributed by atoms with van der Waals surface area (Å²) in [5, 5.41) is 15.9. The van der Waals surface area contributed by atoms with Crippen molar-refractivity contribution in [3.63, 3.8) is 0 Å². The lowest BCUT2D eigenvalue weighted by Gasteiger charge is -2.13. The summed E-state index contributed by atoms with van der Waals surface area (Å²) >= 11 is 4.02. The number of aryl methyl sites for hydroxylation is 1. The molecule has 1 aromatic carbocycles. The number of nitriles is 1. The highest BCUT2D eigenvalue weighted by molar-refractivity contribution is 14.2. The third kappa shape index (κ3) is 4.21. The molecular weight excluding hydrogens is 528 g/mol. The summed E-state index contributed by atoms with van der Waals surface area (Å²) in [5.74, 6) is 2.11. The SMILES string of the molecule is CSc1ccccc1Nc1cc(Nc2cccc(C#N)n2)nc2c1nc(C)n2PI. The minimum Gasteiger partial charge on any atom is -0.353 e. The maximum absolute atomic E-state index is 9.12. The smallest absolute Gasteiger partial charge is 0.168 e. The van der Waals surface area contributed by atoms with Gasteiger partial charge in [-0.05, 0) is 59.5 Å². The Hall–Kier alpha value is -2.41. The normalized spacial score (nSPS) is 11.1. The van der Waals surface area contributed by atoms with Crippen molar-refractivity contribution in [1.82, 2.24) is 19.3 Å². The monoisotopic (exact) mass is 545 g/mol. The molecule has 1 atom stereocenters. The van der Waals surface area contributed by atoms with E-state index in [0.29, 0.717) is 23.7 Å².